The molecule has 2 aromatic carbocycles. The minimum Gasteiger partial charge on any atom is -0.492 e. The number of piperazine rings is 1. The van der Waals surface area contributed by atoms with Gasteiger partial charge in [-0.2, -0.15) is 0 Å². The molecule has 3 aromatic rings. The number of ether oxygens (including phenoxy) is 1. The van der Waals surface area contributed by atoms with E-state index in [-0.39, 0.29) is 23.0 Å². The first-order valence-corrected chi connectivity index (χ1v) is 13.2. The lowest BCUT2D eigenvalue weighted by molar-refractivity contribution is -0.131. The van der Waals surface area contributed by atoms with Crippen LogP contribution in [-0.4, -0.2) is 62.7 Å². The molecule has 170 valence electrons. The van der Waals surface area contributed by atoms with Crippen LogP contribution in [0.3, 0.4) is 0 Å². The van der Waals surface area contributed by atoms with Gasteiger partial charge in [0.1, 0.15) is 11.3 Å². The van der Waals surface area contributed by atoms with Gasteiger partial charge in [-0.1, -0.05) is 35.1 Å². The smallest absolute Gasteiger partial charge is 0.223 e. The molecule has 1 fully saturated rings. The molecule has 0 spiro atoms. The highest BCUT2D eigenvalue weighted by Crippen LogP contribution is 2.34. The maximum atomic E-state index is 12.6. The summed E-state index contributed by atoms with van der Waals surface area (Å²) >= 11 is 1.62. The van der Waals surface area contributed by atoms with E-state index in [1.54, 1.807) is 40.5 Å². The second-order valence-corrected chi connectivity index (χ2v) is 10.9. The molecule has 1 aliphatic heterocycles. The molecule has 4 rings (SSSR count). The van der Waals surface area contributed by atoms with Crippen LogP contribution in [0.1, 0.15) is 18.9 Å². The maximum absolute atomic E-state index is 12.6. The van der Waals surface area contributed by atoms with E-state index in [1.165, 1.54) is 0 Å². The Morgan fingerprint density at radius 1 is 1.09 bits per heavy atom. The van der Waals surface area contributed by atoms with Crippen molar-refractivity contribution < 1.29 is 17.9 Å². The third-order valence-electron chi connectivity index (χ3n) is 5.54. The number of aromatic nitrogens is 1. The summed E-state index contributed by atoms with van der Waals surface area (Å²) in [5, 5.41) is 0.918. The van der Waals surface area contributed by atoms with E-state index in [0.29, 0.717) is 32.8 Å². The molecule has 0 atom stereocenters. The number of hydrogen-bond acceptors (Lipinski definition) is 7. The van der Waals surface area contributed by atoms with Crippen molar-refractivity contribution in [2.45, 2.75) is 25.2 Å². The summed E-state index contributed by atoms with van der Waals surface area (Å²) in [5.41, 5.74) is 1.87. The summed E-state index contributed by atoms with van der Waals surface area (Å²) in [6, 6.07) is 12.7. The number of anilines is 1. The van der Waals surface area contributed by atoms with Crippen LogP contribution in [0.2, 0.25) is 0 Å². The fourth-order valence-electron chi connectivity index (χ4n) is 3.71. The van der Waals surface area contributed by atoms with Crippen LogP contribution in [-0.2, 0) is 14.6 Å². The molecule has 32 heavy (non-hydrogen) atoms. The standard InChI is InChI=1S/C23H27N3O4S2/c1-3-30-19-5-4-6-20-22(19)24-23(31-20)26-14-12-25(13-15-26)21(27)11-16-32(28,29)18-9-7-17(2)8-10-18/h4-10H,3,11-16H2,1-2H3. The fraction of sp³-hybridized carbons (Fsp3) is 0.391. The van der Waals surface area contributed by atoms with E-state index >= 15 is 0 Å². The van der Waals surface area contributed by atoms with Gasteiger partial charge in [0.25, 0.3) is 0 Å². The Labute approximate surface area is 192 Å². The Morgan fingerprint density at radius 2 is 1.81 bits per heavy atom. The number of sulfone groups is 1. The number of para-hydroxylation sites is 1. The molecule has 1 amide bonds. The highest BCUT2D eigenvalue weighted by atomic mass is 32.2. The van der Waals surface area contributed by atoms with E-state index in [9.17, 15) is 13.2 Å². The first-order valence-electron chi connectivity index (χ1n) is 10.7. The van der Waals surface area contributed by atoms with Gasteiger partial charge in [0.05, 0.1) is 22.0 Å². The minimum atomic E-state index is -3.47. The molecule has 9 heteroatoms. The summed E-state index contributed by atoms with van der Waals surface area (Å²) in [5.74, 6) is 0.493. The zero-order valence-corrected chi connectivity index (χ0v) is 19.9. The van der Waals surface area contributed by atoms with E-state index in [0.717, 1.165) is 26.7 Å². The fourth-order valence-corrected chi connectivity index (χ4v) is 5.97. The number of benzene rings is 2. The van der Waals surface area contributed by atoms with Gasteiger partial charge in [-0.25, -0.2) is 13.4 Å². The van der Waals surface area contributed by atoms with Crippen molar-refractivity contribution in [3.05, 3.63) is 48.0 Å². The summed E-state index contributed by atoms with van der Waals surface area (Å²) in [6.45, 7) is 6.89. The maximum Gasteiger partial charge on any atom is 0.223 e. The van der Waals surface area contributed by atoms with Crippen LogP contribution in [0.5, 0.6) is 5.75 Å². The molecule has 2 heterocycles. The molecule has 0 radical (unpaired) electrons. The molecule has 0 bridgehead atoms. The lowest BCUT2D eigenvalue weighted by Crippen LogP contribution is -2.49. The van der Waals surface area contributed by atoms with Crippen LogP contribution in [0.4, 0.5) is 5.13 Å². The lowest BCUT2D eigenvalue weighted by atomic mass is 10.2. The van der Waals surface area contributed by atoms with Gasteiger partial charge in [-0.15, -0.1) is 0 Å². The van der Waals surface area contributed by atoms with Crippen LogP contribution in [0, 0.1) is 6.92 Å². The molecule has 0 saturated carbocycles. The average Bonchev–Trinajstić information content (AvgIpc) is 3.24. The van der Waals surface area contributed by atoms with Gasteiger partial charge >= 0.3 is 0 Å². The van der Waals surface area contributed by atoms with Crippen molar-refractivity contribution in [2.75, 3.05) is 43.4 Å². The number of nitrogens with zero attached hydrogens (tertiary/aromatic N) is 3. The predicted octanol–water partition coefficient (Wildman–Crippen LogP) is 3.52. The first-order chi connectivity index (χ1) is 15.4. The van der Waals surface area contributed by atoms with Gasteiger partial charge in [-0.3, -0.25) is 4.79 Å². The SMILES string of the molecule is CCOc1cccc2sc(N3CCN(C(=O)CCS(=O)(=O)c4ccc(C)cc4)CC3)nc12. The predicted molar refractivity (Wildman–Crippen MR) is 127 cm³/mol. The van der Waals surface area contributed by atoms with Crippen molar-refractivity contribution >= 4 is 42.4 Å². The Bertz CT molecular complexity index is 1200. The third-order valence-corrected chi connectivity index (χ3v) is 8.35. The Hall–Kier alpha value is -2.65. The largest absolute Gasteiger partial charge is 0.492 e. The lowest BCUT2D eigenvalue weighted by Gasteiger charge is -2.34. The third kappa shape index (κ3) is 4.88. The van der Waals surface area contributed by atoms with Gasteiger partial charge in [-0.05, 0) is 38.1 Å². The number of fused-ring (bicyclic) bond motifs is 1. The molecule has 0 aliphatic carbocycles. The number of carbonyl (C=O) groups excluding carboxylic acids is 1. The molecule has 1 aliphatic rings. The Kier molecular flexibility index (Phi) is 6.66. The van der Waals surface area contributed by atoms with E-state index in [2.05, 4.69) is 4.90 Å². The number of aryl methyl sites for hydroxylation is 1. The van der Waals surface area contributed by atoms with E-state index < -0.39 is 9.84 Å². The van der Waals surface area contributed by atoms with Gasteiger partial charge in [0, 0.05) is 32.6 Å². The van der Waals surface area contributed by atoms with Crippen LogP contribution in [0.15, 0.2) is 47.4 Å². The monoisotopic (exact) mass is 473 g/mol. The number of carbonyl (C=O) groups is 1. The highest BCUT2D eigenvalue weighted by Gasteiger charge is 2.25. The number of amides is 1. The molecule has 1 saturated heterocycles. The number of hydrogen-bond donors (Lipinski definition) is 0. The zero-order valence-electron chi connectivity index (χ0n) is 18.3. The van der Waals surface area contributed by atoms with Crippen LogP contribution < -0.4 is 9.64 Å². The Balaban J connectivity index is 1.34. The normalized spacial score (nSPS) is 14.7. The number of thiazole rings is 1. The van der Waals surface area contributed by atoms with Gasteiger partial charge in [0.15, 0.2) is 15.0 Å². The minimum absolute atomic E-state index is 0.00490. The van der Waals surface area contributed by atoms with Crippen LogP contribution >= 0.6 is 11.3 Å². The van der Waals surface area contributed by atoms with E-state index in [4.69, 9.17) is 9.72 Å². The van der Waals surface area contributed by atoms with Gasteiger partial charge < -0.3 is 14.5 Å². The summed E-state index contributed by atoms with van der Waals surface area (Å²) in [7, 11) is -3.47. The quantitative estimate of drug-likeness (QED) is 0.522. The van der Waals surface area contributed by atoms with Crippen molar-refractivity contribution in [3.8, 4) is 5.75 Å². The van der Waals surface area contributed by atoms with Gasteiger partial charge in [0.2, 0.25) is 5.91 Å². The topological polar surface area (TPSA) is 79.8 Å². The van der Waals surface area contributed by atoms with E-state index in [1.807, 2.05) is 32.0 Å². The second kappa shape index (κ2) is 9.46. The van der Waals surface area contributed by atoms with Crippen molar-refractivity contribution in [3.63, 3.8) is 0 Å². The van der Waals surface area contributed by atoms with Crippen molar-refractivity contribution in [1.82, 2.24) is 9.88 Å². The van der Waals surface area contributed by atoms with Crippen LogP contribution in [0.25, 0.3) is 10.2 Å². The molecule has 1 aromatic heterocycles. The summed E-state index contributed by atoms with van der Waals surface area (Å²) in [6.07, 6.45) is -0.00490. The first kappa shape index (κ1) is 22.5. The highest BCUT2D eigenvalue weighted by molar-refractivity contribution is 7.91. The van der Waals surface area contributed by atoms with Crippen molar-refractivity contribution in [1.29, 1.82) is 0 Å². The molecule has 7 nitrogen and oxygen atoms in total. The zero-order chi connectivity index (χ0) is 22.7. The second-order valence-electron chi connectivity index (χ2n) is 7.78. The summed E-state index contributed by atoms with van der Waals surface area (Å²) in [4.78, 5) is 21.6. The Morgan fingerprint density at radius 3 is 2.50 bits per heavy atom. The summed E-state index contributed by atoms with van der Waals surface area (Å²) < 4.78 is 31.8. The van der Waals surface area contributed by atoms with Crippen molar-refractivity contribution in [2.24, 2.45) is 0 Å². The molecular weight excluding hydrogens is 446 g/mol. The molecule has 0 N–H and O–H groups in total. The number of rotatable bonds is 7. The molecule has 0 unspecified atom stereocenters. The average molecular weight is 474 g/mol. The molecular formula is C23H27N3O4S2.